The Hall–Kier alpha value is -0.120. The number of unbranched alkanes of at least 4 members (excludes halogenated alkanes) is 8. The molecule has 0 radical (unpaired) electrons. The molecule has 0 aliphatic carbocycles. The van der Waals surface area contributed by atoms with E-state index in [1.54, 1.807) is 0 Å². The Bertz CT molecular complexity index is 268. The van der Waals surface area contributed by atoms with Gasteiger partial charge in [0.2, 0.25) is 0 Å². The highest BCUT2D eigenvalue weighted by molar-refractivity contribution is 4.88. The van der Waals surface area contributed by atoms with E-state index in [2.05, 4.69) is 32.7 Å². The summed E-state index contributed by atoms with van der Waals surface area (Å²) < 4.78 is 5.74. The van der Waals surface area contributed by atoms with Crippen molar-refractivity contribution < 1.29 is 9.84 Å². The van der Waals surface area contributed by atoms with E-state index in [0.29, 0.717) is 6.61 Å². The summed E-state index contributed by atoms with van der Waals surface area (Å²) in [5.74, 6) is 0. The fraction of sp³-hybridized carbons (Fsp3) is 1.00. The molecule has 1 saturated heterocycles. The molecule has 1 heterocycles. The zero-order chi connectivity index (χ0) is 15.7. The number of likely N-dealkylation sites (N-methyl/N-ethyl adjacent to an activating group) is 1. The van der Waals surface area contributed by atoms with Gasteiger partial charge in [0, 0.05) is 0 Å². The monoisotopic (exact) mass is 299 g/mol. The maximum atomic E-state index is 10.3. The molecule has 21 heavy (non-hydrogen) atoms. The first-order valence-corrected chi connectivity index (χ1v) is 9.04. The minimum absolute atomic E-state index is 0.161. The van der Waals surface area contributed by atoms with Gasteiger partial charge in [-0.25, -0.2) is 0 Å². The second-order valence-corrected chi connectivity index (χ2v) is 7.12. The average molecular weight is 299 g/mol. The van der Waals surface area contributed by atoms with Crippen molar-refractivity contribution in [2.75, 3.05) is 13.7 Å². The van der Waals surface area contributed by atoms with E-state index in [1.807, 2.05) is 0 Å². The zero-order valence-electron chi connectivity index (χ0n) is 14.7. The fourth-order valence-electron chi connectivity index (χ4n) is 3.13. The van der Waals surface area contributed by atoms with Crippen LogP contribution < -0.4 is 0 Å². The lowest BCUT2D eigenvalue weighted by molar-refractivity contribution is -0.0464. The molecule has 0 amide bonds. The van der Waals surface area contributed by atoms with Crippen molar-refractivity contribution in [3.63, 3.8) is 0 Å². The molecule has 1 aliphatic rings. The van der Waals surface area contributed by atoms with E-state index in [0.717, 1.165) is 12.8 Å². The van der Waals surface area contributed by atoms with Gasteiger partial charge in [-0.2, -0.15) is 0 Å². The van der Waals surface area contributed by atoms with Gasteiger partial charge in [-0.1, -0.05) is 64.7 Å². The lowest BCUT2D eigenvalue weighted by Gasteiger charge is -2.31. The van der Waals surface area contributed by atoms with Crippen LogP contribution in [0.3, 0.4) is 0 Å². The predicted octanol–water partition coefficient (Wildman–Crippen LogP) is 4.33. The molecule has 0 unspecified atom stereocenters. The SMILES string of the molecule is CCCCCCCCCCC[C@@H](O)[C@@H]1COC(C)(C)N1C. The van der Waals surface area contributed by atoms with E-state index >= 15 is 0 Å². The standard InChI is InChI=1S/C18H37NO2/c1-5-6-7-8-9-10-11-12-13-14-17(20)16-15-21-18(2,3)19(16)4/h16-17,20H,5-15H2,1-4H3/t16-,17+/m0/s1. The van der Waals surface area contributed by atoms with Crippen LogP contribution in [-0.2, 0) is 4.74 Å². The zero-order valence-corrected chi connectivity index (χ0v) is 14.7. The average Bonchev–Trinajstić information content (AvgIpc) is 2.71. The molecule has 0 aromatic rings. The first kappa shape index (κ1) is 18.9. The van der Waals surface area contributed by atoms with Crippen molar-refractivity contribution >= 4 is 0 Å². The number of ether oxygens (including phenoxy) is 1. The fourth-order valence-corrected chi connectivity index (χ4v) is 3.13. The maximum Gasteiger partial charge on any atom is 0.116 e. The molecule has 1 fully saturated rings. The number of hydrogen-bond donors (Lipinski definition) is 1. The molecule has 3 nitrogen and oxygen atoms in total. The molecule has 0 bridgehead atoms. The van der Waals surface area contributed by atoms with Gasteiger partial charge < -0.3 is 9.84 Å². The highest BCUT2D eigenvalue weighted by atomic mass is 16.5. The summed E-state index contributed by atoms with van der Waals surface area (Å²) in [5.41, 5.74) is -0.232. The minimum atomic E-state index is -0.249. The van der Waals surface area contributed by atoms with E-state index in [9.17, 15) is 5.11 Å². The van der Waals surface area contributed by atoms with Crippen LogP contribution in [0, 0.1) is 0 Å². The van der Waals surface area contributed by atoms with Gasteiger partial charge in [0.25, 0.3) is 0 Å². The summed E-state index contributed by atoms with van der Waals surface area (Å²) in [7, 11) is 2.05. The normalized spacial score (nSPS) is 23.6. The van der Waals surface area contributed by atoms with Gasteiger partial charge >= 0.3 is 0 Å². The van der Waals surface area contributed by atoms with Crippen molar-refractivity contribution in [1.29, 1.82) is 0 Å². The Labute approximate surface area is 132 Å². The highest BCUT2D eigenvalue weighted by Crippen LogP contribution is 2.28. The van der Waals surface area contributed by atoms with Gasteiger partial charge in [-0.05, 0) is 27.3 Å². The number of hydrogen-bond acceptors (Lipinski definition) is 3. The third-order valence-corrected chi connectivity index (χ3v) is 5.00. The van der Waals surface area contributed by atoms with E-state index < -0.39 is 0 Å². The van der Waals surface area contributed by atoms with Crippen LogP contribution >= 0.6 is 0 Å². The molecule has 0 aromatic heterocycles. The maximum absolute atomic E-state index is 10.3. The van der Waals surface area contributed by atoms with Crippen LogP contribution in [0.25, 0.3) is 0 Å². The lowest BCUT2D eigenvalue weighted by Crippen LogP contribution is -2.45. The molecule has 1 rings (SSSR count). The molecular weight excluding hydrogens is 262 g/mol. The van der Waals surface area contributed by atoms with E-state index in [4.69, 9.17) is 4.74 Å². The number of rotatable bonds is 11. The first-order chi connectivity index (χ1) is 9.99. The molecule has 1 aliphatic heterocycles. The van der Waals surface area contributed by atoms with Crippen molar-refractivity contribution in [2.24, 2.45) is 0 Å². The van der Waals surface area contributed by atoms with Gasteiger partial charge in [0.15, 0.2) is 0 Å². The third kappa shape index (κ3) is 6.66. The van der Waals surface area contributed by atoms with Crippen molar-refractivity contribution in [3.8, 4) is 0 Å². The Morgan fingerprint density at radius 1 is 1.05 bits per heavy atom. The summed E-state index contributed by atoms with van der Waals surface area (Å²) in [6, 6.07) is 0.161. The van der Waals surface area contributed by atoms with Crippen LogP contribution in [0.15, 0.2) is 0 Å². The smallest absolute Gasteiger partial charge is 0.116 e. The van der Waals surface area contributed by atoms with Gasteiger partial charge in [-0.15, -0.1) is 0 Å². The highest BCUT2D eigenvalue weighted by Gasteiger charge is 2.40. The Morgan fingerprint density at radius 2 is 1.57 bits per heavy atom. The van der Waals surface area contributed by atoms with Gasteiger partial charge in [0.1, 0.15) is 5.72 Å². The Kier molecular flexibility index (Phi) is 8.84. The van der Waals surface area contributed by atoms with Crippen molar-refractivity contribution in [3.05, 3.63) is 0 Å². The van der Waals surface area contributed by atoms with Gasteiger partial charge in [0.05, 0.1) is 18.8 Å². The second-order valence-electron chi connectivity index (χ2n) is 7.12. The number of aliphatic hydroxyl groups excluding tert-OH is 1. The Balaban J connectivity index is 2.00. The van der Waals surface area contributed by atoms with Crippen molar-refractivity contribution in [2.45, 2.75) is 103 Å². The summed E-state index contributed by atoms with van der Waals surface area (Å²) >= 11 is 0. The van der Waals surface area contributed by atoms with Crippen LogP contribution in [0.4, 0.5) is 0 Å². The molecule has 126 valence electrons. The topological polar surface area (TPSA) is 32.7 Å². The molecule has 3 heteroatoms. The first-order valence-electron chi connectivity index (χ1n) is 9.04. The number of aliphatic hydroxyl groups is 1. The lowest BCUT2D eigenvalue weighted by atomic mass is 10.0. The minimum Gasteiger partial charge on any atom is -0.391 e. The summed E-state index contributed by atoms with van der Waals surface area (Å²) in [6.07, 6.45) is 12.6. The summed E-state index contributed by atoms with van der Waals surface area (Å²) in [6.45, 7) is 7.05. The molecule has 0 spiro atoms. The second kappa shape index (κ2) is 9.81. The molecule has 2 atom stereocenters. The number of nitrogens with zero attached hydrogens (tertiary/aromatic N) is 1. The van der Waals surface area contributed by atoms with Crippen molar-refractivity contribution in [1.82, 2.24) is 4.90 Å². The molecule has 1 N–H and O–H groups in total. The van der Waals surface area contributed by atoms with Crippen LogP contribution in [0.2, 0.25) is 0 Å². The summed E-state index contributed by atoms with van der Waals surface area (Å²) in [5, 5.41) is 10.3. The van der Waals surface area contributed by atoms with Crippen LogP contribution in [0.5, 0.6) is 0 Å². The van der Waals surface area contributed by atoms with E-state index in [-0.39, 0.29) is 17.9 Å². The largest absolute Gasteiger partial charge is 0.391 e. The van der Waals surface area contributed by atoms with Gasteiger partial charge in [-0.3, -0.25) is 4.90 Å². The quantitative estimate of drug-likeness (QED) is 0.576. The molecule has 0 saturated carbocycles. The van der Waals surface area contributed by atoms with Crippen LogP contribution in [0.1, 0.15) is 85.0 Å². The van der Waals surface area contributed by atoms with E-state index in [1.165, 1.54) is 51.4 Å². The Morgan fingerprint density at radius 3 is 2.05 bits per heavy atom. The van der Waals surface area contributed by atoms with Crippen LogP contribution in [-0.4, -0.2) is 41.5 Å². The summed E-state index contributed by atoms with van der Waals surface area (Å²) in [4.78, 5) is 2.17. The molecule has 0 aromatic carbocycles. The third-order valence-electron chi connectivity index (χ3n) is 5.00. The molecular formula is C18H37NO2. The predicted molar refractivity (Wildman–Crippen MR) is 89.4 cm³/mol.